The molecule has 0 aliphatic carbocycles. The second kappa shape index (κ2) is 6.99. The standard InChI is InChI=1S/C6H14N2O4/c1-11-3-5(9)2-8-12-4-6(7)10/h5,8-9H,2-4H2,1H3,(H2,7,10). The lowest BCUT2D eigenvalue weighted by atomic mass is 10.4. The summed E-state index contributed by atoms with van der Waals surface area (Å²) in [6, 6.07) is 0. The Hall–Kier alpha value is -0.690. The van der Waals surface area contributed by atoms with Crippen molar-refractivity contribution in [1.29, 1.82) is 0 Å². The molecule has 1 amide bonds. The van der Waals surface area contributed by atoms with Gasteiger partial charge in [0.1, 0.15) is 6.61 Å². The summed E-state index contributed by atoms with van der Waals surface area (Å²) in [7, 11) is 1.48. The lowest BCUT2D eigenvalue weighted by Crippen LogP contribution is -2.32. The van der Waals surface area contributed by atoms with Gasteiger partial charge in [0.2, 0.25) is 5.91 Å². The van der Waals surface area contributed by atoms with E-state index in [4.69, 9.17) is 10.8 Å². The molecule has 1 atom stereocenters. The summed E-state index contributed by atoms with van der Waals surface area (Å²) < 4.78 is 4.64. The number of carbonyl (C=O) groups excluding carboxylic acids is 1. The van der Waals surface area contributed by atoms with Crippen LogP contribution < -0.4 is 11.2 Å². The largest absolute Gasteiger partial charge is 0.389 e. The van der Waals surface area contributed by atoms with Crippen LogP contribution >= 0.6 is 0 Å². The van der Waals surface area contributed by atoms with Gasteiger partial charge in [-0.25, -0.2) is 0 Å². The van der Waals surface area contributed by atoms with Crippen molar-refractivity contribution in [2.24, 2.45) is 5.73 Å². The minimum absolute atomic E-state index is 0.196. The van der Waals surface area contributed by atoms with Gasteiger partial charge in [-0.1, -0.05) is 0 Å². The molecular formula is C6H14N2O4. The highest BCUT2D eigenvalue weighted by molar-refractivity contribution is 5.74. The van der Waals surface area contributed by atoms with Crippen molar-refractivity contribution in [3.63, 3.8) is 0 Å². The number of rotatable bonds is 7. The Morgan fingerprint density at radius 1 is 1.75 bits per heavy atom. The molecule has 0 saturated carbocycles. The molecule has 0 fully saturated rings. The molecule has 1 unspecified atom stereocenters. The third kappa shape index (κ3) is 7.42. The zero-order chi connectivity index (χ0) is 9.40. The number of ether oxygens (including phenoxy) is 1. The minimum Gasteiger partial charge on any atom is -0.389 e. The van der Waals surface area contributed by atoms with E-state index in [0.717, 1.165) is 0 Å². The van der Waals surface area contributed by atoms with Gasteiger partial charge in [-0.2, -0.15) is 5.48 Å². The van der Waals surface area contributed by atoms with Crippen LogP contribution in [0.1, 0.15) is 0 Å². The molecule has 4 N–H and O–H groups in total. The van der Waals surface area contributed by atoms with Crippen molar-refractivity contribution in [2.75, 3.05) is 26.9 Å². The van der Waals surface area contributed by atoms with Crippen LogP contribution in [0.2, 0.25) is 0 Å². The molecule has 0 aliphatic rings. The predicted molar refractivity (Wildman–Crippen MR) is 41.0 cm³/mol. The minimum atomic E-state index is -0.650. The lowest BCUT2D eigenvalue weighted by Gasteiger charge is -2.09. The number of methoxy groups -OCH3 is 1. The summed E-state index contributed by atoms with van der Waals surface area (Å²) in [6.45, 7) is 0.202. The molecule has 0 aliphatic heterocycles. The number of aliphatic hydroxyl groups excluding tert-OH is 1. The summed E-state index contributed by atoms with van der Waals surface area (Å²) in [5.41, 5.74) is 7.15. The van der Waals surface area contributed by atoms with Crippen LogP contribution in [-0.4, -0.2) is 44.0 Å². The first-order chi connectivity index (χ1) is 5.66. The Morgan fingerprint density at radius 2 is 2.42 bits per heavy atom. The number of hydroxylamine groups is 1. The highest BCUT2D eigenvalue weighted by Crippen LogP contribution is 1.80. The molecule has 0 spiro atoms. The van der Waals surface area contributed by atoms with E-state index in [1.165, 1.54) is 7.11 Å². The third-order valence-electron chi connectivity index (χ3n) is 0.995. The van der Waals surface area contributed by atoms with E-state index in [0.29, 0.717) is 0 Å². The zero-order valence-electron chi connectivity index (χ0n) is 6.95. The highest BCUT2D eigenvalue weighted by Gasteiger charge is 2.02. The molecule has 6 nitrogen and oxygen atoms in total. The van der Waals surface area contributed by atoms with Gasteiger partial charge in [0.15, 0.2) is 0 Å². The average Bonchev–Trinajstić information content (AvgIpc) is 1.98. The molecule has 0 saturated heterocycles. The quantitative estimate of drug-likeness (QED) is 0.309. The fourth-order valence-electron chi connectivity index (χ4n) is 0.529. The predicted octanol–water partition coefficient (Wildman–Crippen LogP) is -2.00. The van der Waals surface area contributed by atoms with Crippen molar-refractivity contribution in [3.8, 4) is 0 Å². The van der Waals surface area contributed by atoms with E-state index < -0.39 is 12.0 Å². The smallest absolute Gasteiger partial charge is 0.245 e. The second-order valence-electron chi connectivity index (χ2n) is 2.21. The van der Waals surface area contributed by atoms with Gasteiger partial charge in [0.25, 0.3) is 0 Å². The molecule has 12 heavy (non-hydrogen) atoms. The maximum absolute atomic E-state index is 10.1. The normalized spacial score (nSPS) is 12.8. The van der Waals surface area contributed by atoms with Gasteiger partial charge in [0.05, 0.1) is 12.7 Å². The first kappa shape index (κ1) is 11.3. The molecular weight excluding hydrogens is 164 g/mol. The Labute approximate surface area is 70.6 Å². The Kier molecular flexibility index (Phi) is 6.58. The third-order valence-corrected chi connectivity index (χ3v) is 0.995. The number of hydrogen-bond donors (Lipinski definition) is 3. The van der Waals surface area contributed by atoms with Crippen molar-refractivity contribution in [2.45, 2.75) is 6.10 Å². The highest BCUT2D eigenvalue weighted by atomic mass is 16.6. The number of aliphatic hydroxyl groups is 1. The Morgan fingerprint density at radius 3 is 2.92 bits per heavy atom. The average molecular weight is 178 g/mol. The topological polar surface area (TPSA) is 93.8 Å². The number of carbonyl (C=O) groups is 1. The number of nitrogens with one attached hydrogen (secondary N) is 1. The first-order valence-corrected chi connectivity index (χ1v) is 3.46. The van der Waals surface area contributed by atoms with Gasteiger partial charge in [-0.3, -0.25) is 9.63 Å². The number of nitrogens with two attached hydrogens (primary N) is 1. The van der Waals surface area contributed by atoms with E-state index in [1.54, 1.807) is 0 Å². The van der Waals surface area contributed by atoms with Crippen LogP contribution in [0.4, 0.5) is 0 Å². The van der Waals surface area contributed by atoms with Crippen molar-refractivity contribution in [1.82, 2.24) is 5.48 Å². The van der Waals surface area contributed by atoms with Gasteiger partial charge < -0.3 is 15.6 Å². The maximum Gasteiger partial charge on any atom is 0.245 e. The molecule has 0 radical (unpaired) electrons. The Bertz CT molecular complexity index is 131. The van der Waals surface area contributed by atoms with Crippen LogP contribution in [0.15, 0.2) is 0 Å². The lowest BCUT2D eigenvalue weighted by molar-refractivity contribution is -0.125. The molecule has 0 aromatic carbocycles. The monoisotopic (exact) mass is 178 g/mol. The van der Waals surface area contributed by atoms with E-state index in [2.05, 4.69) is 15.1 Å². The van der Waals surface area contributed by atoms with Crippen molar-refractivity contribution >= 4 is 5.91 Å². The SMILES string of the molecule is COCC(O)CNOCC(N)=O. The molecule has 0 bridgehead atoms. The molecule has 72 valence electrons. The molecule has 0 aromatic rings. The van der Waals surface area contributed by atoms with Crippen LogP contribution in [0, 0.1) is 0 Å². The first-order valence-electron chi connectivity index (χ1n) is 3.46. The van der Waals surface area contributed by atoms with Gasteiger partial charge in [0, 0.05) is 13.7 Å². The molecule has 0 rings (SSSR count). The Balaban J connectivity index is 3.13. The fourth-order valence-corrected chi connectivity index (χ4v) is 0.529. The summed E-state index contributed by atoms with van der Waals surface area (Å²) in [4.78, 5) is 14.7. The van der Waals surface area contributed by atoms with Crippen molar-refractivity contribution in [3.05, 3.63) is 0 Å². The zero-order valence-corrected chi connectivity index (χ0v) is 6.95. The summed E-state index contributed by atoms with van der Waals surface area (Å²) in [5, 5.41) is 9.03. The number of amides is 1. The van der Waals surface area contributed by atoms with Crippen LogP contribution in [0.25, 0.3) is 0 Å². The van der Waals surface area contributed by atoms with Crippen molar-refractivity contribution < 1.29 is 19.5 Å². The fraction of sp³-hybridized carbons (Fsp3) is 0.833. The summed E-state index contributed by atoms with van der Waals surface area (Å²) >= 11 is 0. The summed E-state index contributed by atoms with van der Waals surface area (Å²) in [5.74, 6) is -0.566. The van der Waals surface area contributed by atoms with Crippen LogP contribution in [0.5, 0.6) is 0 Å². The van der Waals surface area contributed by atoms with E-state index in [1.807, 2.05) is 0 Å². The van der Waals surface area contributed by atoms with Gasteiger partial charge in [-0.15, -0.1) is 0 Å². The maximum atomic E-state index is 10.1. The summed E-state index contributed by atoms with van der Waals surface area (Å²) in [6.07, 6.45) is -0.650. The van der Waals surface area contributed by atoms with Gasteiger partial charge in [-0.05, 0) is 0 Å². The van der Waals surface area contributed by atoms with E-state index >= 15 is 0 Å². The van der Waals surface area contributed by atoms with E-state index in [9.17, 15) is 4.79 Å². The van der Waals surface area contributed by atoms with Crippen LogP contribution in [0.3, 0.4) is 0 Å². The number of hydrogen-bond acceptors (Lipinski definition) is 5. The number of primary amides is 1. The molecule has 6 heteroatoms. The van der Waals surface area contributed by atoms with Gasteiger partial charge >= 0.3 is 0 Å². The second-order valence-corrected chi connectivity index (χ2v) is 2.21. The van der Waals surface area contributed by atoms with E-state index in [-0.39, 0.29) is 19.8 Å². The molecule has 0 heterocycles. The molecule has 0 aromatic heterocycles. The van der Waals surface area contributed by atoms with Crippen LogP contribution in [-0.2, 0) is 14.4 Å².